The minimum atomic E-state index is -0.235. The largest absolute Gasteiger partial charge is 0.360 e. The Morgan fingerprint density at radius 2 is 2.38 bits per heavy atom. The van der Waals surface area contributed by atoms with Crippen LogP contribution < -0.4 is 10.9 Å². The van der Waals surface area contributed by atoms with Gasteiger partial charge in [0.2, 0.25) is 5.91 Å². The molecule has 0 spiro atoms. The first-order valence-electron chi connectivity index (χ1n) is 6.29. The van der Waals surface area contributed by atoms with Gasteiger partial charge < -0.3 is 9.84 Å². The molecule has 0 atom stereocenters. The van der Waals surface area contributed by atoms with E-state index in [2.05, 4.69) is 15.5 Å². The van der Waals surface area contributed by atoms with Crippen LogP contribution in [0.15, 0.2) is 33.2 Å². The number of hydrogen-bond donors (Lipinski definition) is 1. The van der Waals surface area contributed by atoms with Crippen molar-refractivity contribution in [2.45, 2.75) is 19.9 Å². The second-order valence-electron chi connectivity index (χ2n) is 4.50. The van der Waals surface area contributed by atoms with Gasteiger partial charge in [-0.2, -0.15) is 0 Å². The molecule has 3 aromatic heterocycles. The van der Waals surface area contributed by atoms with Crippen molar-refractivity contribution in [3.63, 3.8) is 0 Å². The molecular formula is C13H12N4O3S. The molecule has 7 nitrogen and oxygen atoms in total. The van der Waals surface area contributed by atoms with Gasteiger partial charge in [0.05, 0.1) is 11.8 Å². The molecule has 0 unspecified atom stereocenters. The van der Waals surface area contributed by atoms with Crippen molar-refractivity contribution in [1.82, 2.24) is 14.7 Å². The summed E-state index contributed by atoms with van der Waals surface area (Å²) < 4.78 is 6.90. The Kier molecular flexibility index (Phi) is 3.53. The summed E-state index contributed by atoms with van der Waals surface area (Å²) in [5, 5.41) is 8.11. The topological polar surface area (TPSA) is 90.0 Å². The van der Waals surface area contributed by atoms with Crippen LogP contribution in [0.1, 0.15) is 12.2 Å². The Hall–Kier alpha value is -2.48. The van der Waals surface area contributed by atoms with E-state index >= 15 is 0 Å². The third kappa shape index (κ3) is 2.84. The highest BCUT2D eigenvalue weighted by molar-refractivity contribution is 7.17. The maximum Gasteiger partial charge on any atom is 0.271 e. The number of thiophene rings is 1. The van der Waals surface area contributed by atoms with Crippen LogP contribution in [0.2, 0.25) is 0 Å². The van der Waals surface area contributed by atoms with Gasteiger partial charge in [-0.3, -0.25) is 14.2 Å². The number of amides is 1. The zero-order valence-electron chi connectivity index (χ0n) is 11.2. The van der Waals surface area contributed by atoms with E-state index in [1.165, 1.54) is 22.2 Å². The average Bonchev–Trinajstić information content (AvgIpc) is 3.07. The van der Waals surface area contributed by atoms with Gasteiger partial charge in [-0.15, -0.1) is 11.3 Å². The van der Waals surface area contributed by atoms with Crippen LogP contribution in [0.25, 0.3) is 10.2 Å². The van der Waals surface area contributed by atoms with E-state index in [1.807, 2.05) is 5.38 Å². The van der Waals surface area contributed by atoms with E-state index in [9.17, 15) is 9.59 Å². The van der Waals surface area contributed by atoms with Gasteiger partial charge in [0.15, 0.2) is 5.82 Å². The molecule has 0 aliphatic carbocycles. The fourth-order valence-electron chi connectivity index (χ4n) is 1.89. The summed E-state index contributed by atoms with van der Waals surface area (Å²) in [6.07, 6.45) is 1.62. The average molecular weight is 304 g/mol. The number of carbonyl (C=O) groups is 1. The summed E-state index contributed by atoms with van der Waals surface area (Å²) in [7, 11) is 0. The van der Waals surface area contributed by atoms with Gasteiger partial charge in [0.25, 0.3) is 5.56 Å². The first kappa shape index (κ1) is 13.5. The smallest absolute Gasteiger partial charge is 0.271 e. The lowest BCUT2D eigenvalue weighted by atomic mass is 10.3. The Bertz CT molecular complexity index is 848. The molecule has 1 amide bonds. The van der Waals surface area contributed by atoms with Crippen LogP contribution in [-0.4, -0.2) is 20.6 Å². The Labute approximate surface area is 123 Å². The molecule has 8 heteroatoms. The van der Waals surface area contributed by atoms with E-state index in [1.54, 1.807) is 19.1 Å². The predicted octanol–water partition coefficient (Wildman–Crippen LogP) is 1.78. The Morgan fingerprint density at radius 3 is 3.14 bits per heavy atom. The van der Waals surface area contributed by atoms with Crippen molar-refractivity contribution in [3.8, 4) is 0 Å². The normalized spacial score (nSPS) is 10.9. The second kappa shape index (κ2) is 5.49. The fourth-order valence-corrected chi connectivity index (χ4v) is 2.68. The highest BCUT2D eigenvalue weighted by Gasteiger charge is 2.09. The van der Waals surface area contributed by atoms with Gasteiger partial charge in [0.1, 0.15) is 10.5 Å². The van der Waals surface area contributed by atoms with Crippen LogP contribution in [0.3, 0.4) is 0 Å². The van der Waals surface area contributed by atoms with Crippen LogP contribution >= 0.6 is 11.3 Å². The summed E-state index contributed by atoms with van der Waals surface area (Å²) in [5.74, 6) is 0.757. The minimum Gasteiger partial charge on any atom is -0.360 e. The number of anilines is 1. The van der Waals surface area contributed by atoms with Gasteiger partial charge in [0, 0.05) is 19.0 Å². The number of aromatic nitrogens is 3. The summed E-state index contributed by atoms with van der Waals surface area (Å²) in [5.41, 5.74) is 0.559. The molecule has 0 saturated heterocycles. The number of aryl methyl sites for hydroxylation is 2. The van der Waals surface area contributed by atoms with Gasteiger partial charge >= 0.3 is 0 Å². The molecule has 0 bridgehead atoms. The van der Waals surface area contributed by atoms with Crippen molar-refractivity contribution in [2.75, 3.05) is 5.32 Å². The molecule has 0 fully saturated rings. The summed E-state index contributed by atoms with van der Waals surface area (Å²) >= 11 is 1.35. The fraction of sp³-hybridized carbons (Fsp3) is 0.231. The lowest BCUT2D eigenvalue weighted by molar-refractivity contribution is -0.116. The highest BCUT2D eigenvalue weighted by atomic mass is 32.1. The van der Waals surface area contributed by atoms with E-state index < -0.39 is 0 Å². The van der Waals surface area contributed by atoms with Crippen LogP contribution in [0.5, 0.6) is 0 Å². The number of hydrogen-bond acceptors (Lipinski definition) is 6. The quantitative estimate of drug-likeness (QED) is 0.793. The Balaban J connectivity index is 1.67. The molecule has 0 aliphatic heterocycles. The monoisotopic (exact) mass is 304 g/mol. The second-order valence-corrected chi connectivity index (χ2v) is 5.42. The molecule has 3 heterocycles. The number of fused-ring (bicyclic) bond motifs is 1. The Morgan fingerprint density at radius 1 is 1.52 bits per heavy atom. The zero-order valence-corrected chi connectivity index (χ0v) is 12.0. The third-order valence-electron chi connectivity index (χ3n) is 2.91. The maximum absolute atomic E-state index is 12.1. The number of rotatable bonds is 4. The van der Waals surface area contributed by atoms with E-state index in [0.29, 0.717) is 21.8 Å². The van der Waals surface area contributed by atoms with Crippen molar-refractivity contribution in [3.05, 3.63) is 40.0 Å². The highest BCUT2D eigenvalue weighted by Crippen LogP contribution is 2.13. The first-order chi connectivity index (χ1) is 10.1. The van der Waals surface area contributed by atoms with Gasteiger partial charge in [-0.1, -0.05) is 5.16 Å². The standard InChI is InChI=1S/C13H12N4O3S/c1-8-6-10(16-20-8)15-11(18)2-4-17-7-14-9-3-5-21-12(9)13(17)19/h3,5-7H,2,4H2,1H3,(H,15,16,18). The van der Waals surface area contributed by atoms with Crippen molar-refractivity contribution < 1.29 is 9.32 Å². The van der Waals surface area contributed by atoms with Crippen molar-refractivity contribution in [1.29, 1.82) is 0 Å². The molecule has 3 rings (SSSR count). The minimum absolute atomic E-state index is 0.125. The summed E-state index contributed by atoms with van der Waals surface area (Å²) in [4.78, 5) is 28.1. The molecule has 0 saturated carbocycles. The first-order valence-corrected chi connectivity index (χ1v) is 7.17. The SMILES string of the molecule is Cc1cc(NC(=O)CCn2cnc3ccsc3c2=O)no1. The third-order valence-corrected chi connectivity index (χ3v) is 3.80. The van der Waals surface area contributed by atoms with Gasteiger partial charge in [-0.05, 0) is 18.4 Å². The molecule has 3 aromatic rings. The van der Waals surface area contributed by atoms with E-state index in [4.69, 9.17) is 4.52 Å². The van der Waals surface area contributed by atoms with E-state index in [-0.39, 0.29) is 24.4 Å². The van der Waals surface area contributed by atoms with Crippen molar-refractivity contribution >= 4 is 33.3 Å². The number of nitrogens with one attached hydrogen (secondary N) is 1. The number of nitrogens with zero attached hydrogens (tertiary/aromatic N) is 3. The molecule has 0 aromatic carbocycles. The number of carbonyl (C=O) groups excluding carboxylic acids is 1. The lowest BCUT2D eigenvalue weighted by Crippen LogP contribution is -2.23. The maximum atomic E-state index is 12.1. The molecule has 0 aliphatic rings. The summed E-state index contributed by atoms with van der Waals surface area (Å²) in [6, 6.07) is 3.43. The van der Waals surface area contributed by atoms with Crippen LogP contribution in [0, 0.1) is 6.92 Å². The van der Waals surface area contributed by atoms with Crippen LogP contribution in [0.4, 0.5) is 5.82 Å². The summed E-state index contributed by atoms with van der Waals surface area (Å²) in [6.45, 7) is 2.01. The molecular weight excluding hydrogens is 292 g/mol. The molecule has 21 heavy (non-hydrogen) atoms. The van der Waals surface area contributed by atoms with Gasteiger partial charge in [-0.25, -0.2) is 4.98 Å². The lowest BCUT2D eigenvalue weighted by Gasteiger charge is -2.04. The predicted molar refractivity (Wildman–Crippen MR) is 78.4 cm³/mol. The molecule has 1 N–H and O–H groups in total. The molecule has 0 radical (unpaired) electrons. The van der Waals surface area contributed by atoms with Crippen LogP contribution in [-0.2, 0) is 11.3 Å². The molecule has 108 valence electrons. The zero-order chi connectivity index (χ0) is 14.8. The van der Waals surface area contributed by atoms with E-state index in [0.717, 1.165) is 0 Å². The van der Waals surface area contributed by atoms with Crippen molar-refractivity contribution in [2.24, 2.45) is 0 Å².